The summed E-state index contributed by atoms with van der Waals surface area (Å²) in [5.74, 6) is 0. The fourth-order valence-corrected chi connectivity index (χ4v) is 4.89. The van der Waals surface area contributed by atoms with E-state index in [4.69, 9.17) is 13.3 Å². The number of rotatable bonds is 12. The van der Waals surface area contributed by atoms with Crippen LogP contribution in [0.25, 0.3) is 0 Å². The summed E-state index contributed by atoms with van der Waals surface area (Å²) in [5, 5.41) is 0. The number of hydrogen-bond donors (Lipinski definition) is 0. The lowest BCUT2D eigenvalue weighted by atomic mass is 10.3. The molecule has 1 heterocycles. The van der Waals surface area contributed by atoms with Crippen LogP contribution in [-0.2, 0) is 13.3 Å². The second-order valence-electron chi connectivity index (χ2n) is 6.25. The smallest absolute Gasteiger partial charge is 0.376 e. The third-order valence-corrected chi connectivity index (χ3v) is 7.33. The van der Waals surface area contributed by atoms with Crippen molar-refractivity contribution in [1.29, 1.82) is 0 Å². The van der Waals surface area contributed by atoms with Crippen LogP contribution in [0.15, 0.2) is 0 Å². The van der Waals surface area contributed by atoms with E-state index in [2.05, 4.69) is 28.5 Å². The minimum Gasteiger partial charge on any atom is -0.376 e. The third-order valence-electron chi connectivity index (χ3n) is 4.63. The van der Waals surface area contributed by atoms with E-state index in [1.54, 1.807) is 21.3 Å². The van der Waals surface area contributed by atoms with Crippen molar-refractivity contribution in [3.05, 3.63) is 0 Å². The van der Waals surface area contributed by atoms with Gasteiger partial charge in [0.05, 0.1) is 6.17 Å². The van der Waals surface area contributed by atoms with Crippen molar-refractivity contribution in [2.45, 2.75) is 26.7 Å². The molecule has 23 heavy (non-hydrogen) atoms. The fraction of sp³-hybridized carbons (Fsp3) is 1.00. The molecule has 0 bridgehead atoms. The van der Waals surface area contributed by atoms with E-state index in [9.17, 15) is 0 Å². The summed E-state index contributed by atoms with van der Waals surface area (Å²) < 4.78 is 16.6. The molecule has 138 valence electrons. The van der Waals surface area contributed by atoms with Crippen LogP contribution in [0.1, 0.15) is 26.7 Å². The molecule has 1 aliphatic rings. The molecule has 0 atom stereocenters. The van der Waals surface area contributed by atoms with Crippen molar-refractivity contribution in [3.63, 3.8) is 0 Å². The highest BCUT2D eigenvalue weighted by Gasteiger charge is 2.40. The molecule has 0 N–H and O–H groups in total. The quantitative estimate of drug-likeness (QED) is 0.493. The van der Waals surface area contributed by atoms with Crippen molar-refractivity contribution in [2.75, 3.05) is 79.9 Å². The van der Waals surface area contributed by atoms with E-state index < -0.39 is 8.80 Å². The highest BCUT2D eigenvalue weighted by Crippen LogP contribution is 2.11. The Kier molecular flexibility index (Phi) is 10.5. The van der Waals surface area contributed by atoms with Gasteiger partial charge in [-0.2, -0.15) is 0 Å². The van der Waals surface area contributed by atoms with Crippen LogP contribution in [0.2, 0.25) is 0 Å². The van der Waals surface area contributed by atoms with Gasteiger partial charge in [-0.05, 0) is 25.9 Å². The van der Waals surface area contributed by atoms with Crippen molar-refractivity contribution >= 4 is 8.80 Å². The first-order valence-electron chi connectivity index (χ1n) is 8.95. The third kappa shape index (κ3) is 7.17. The predicted octanol–water partition coefficient (Wildman–Crippen LogP) is 1.14. The average molecular weight is 348 g/mol. The van der Waals surface area contributed by atoms with E-state index in [-0.39, 0.29) is 0 Å². The standard InChI is InChI=1S/C16H37N3O3Si/c1-6-8-17(9-7-2)10-11-18-12-14-19(15-13-18)16-23(20-3,21-4)22-5/h6-16H2,1-5H3. The largest absolute Gasteiger partial charge is 0.514 e. The topological polar surface area (TPSA) is 37.4 Å². The summed E-state index contributed by atoms with van der Waals surface area (Å²) in [6, 6.07) is 0. The fourth-order valence-electron chi connectivity index (χ4n) is 3.14. The van der Waals surface area contributed by atoms with Crippen LogP contribution in [0.4, 0.5) is 0 Å². The van der Waals surface area contributed by atoms with Crippen LogP contribution >= 0.6 is 0 Å². The van der Waals surface area contributed by atoms with Crippen LogP contribution in [0, 0.1) is 0 Å². The van der Waals surface area contributed by atoms with Gasteiger partial charge in [-0.25, -0.2) is 0 Å². The summed E-state index contributed by atoms with van der Waals surface area (Å²) in [4.78, 5) is 7.57. The number of hydrogen-bond acceptors (Lipinski definition) is 6. The molecule has 1 rings (SSSR count). The van der Waals surface area contributed by atoms with Crippen LogP contribution in [0.3, 0.4) is 0 Å². The molecular weight excluding hydrogens is 310 g/mol. The Bertz CT molecular complexity index is 284. The van der Waals surface area contributed by atoms with Crippen molar-refractivity contribution in [3.8, 4) is 0 Å². The zero-order valence-electron chi connectivity index (χ0n) is 15.8. The molecule has 0 radical (unpaired) electrons. The average Bonchev–Trinajstić information content (AvgIpc) is 2.59. The Morgan fingerprint density at radius 3 is 1.70 bits per heavy atom. The lowest BCUT2D eigenvalue weighted by Crippen LogP contribution is -2.58. The predicted molar refractivity (Wildman–Crippen MR) is 96.7 cm³/mol. The zero-order valence-corrected chi connectivity index (χ0v) is 16.8. The van der Waals surface area contributed by atoms with E-state index in [1.165, 1.54) is 39.0 Å². The maximum atomic E-state index is 5.53. The highest BCUT2D eigenvalue weighted by molar-refractivity contribution is 6.60. The Morgan fingerprint density at radius 2 is 1.26 bits per heavy atom. The van der Waals surface area contributed by atoms with E-state index in [1.807, 2.05) is 0 Å². The Morgan fingerprint density at radius 1 is 0.783 bits per heavy atom. The van der Waals surface area contributed by atoms with Gasteiger partial charge < -0.3 is 18.2 Å². The van der Waals surface area contributed by atoms with Gasteiger partial charge in [-0.15, -0.1) is 0 Å². The molecule has 0 spiro atoms. The number of nitrogens with zero attached hydrogens (tertiary/aromatic N) is 3. The van der Waals surface area contributed by atoms with Crippen LogP contribution in [-0.4, -0.2) is 103 Å². The van der Waals surface area contributed by atoms with E-state index in [0.29, 0.717) is 0 Å². The molecule has 7 heteroatoms. The first-order chi connectivity index (χ1) is 11.1. The summed E-state index contributed by atoms with van der Waals surface area (Å²) in [5.41, 5.74) is 0. The van der Waals surface area contributed by atoms with Gasteiger partial charge in [0.1, 0.15) is 0 Å². The van der Waals surface area contributed by atoms with E-state index >= 15 is 0 Å². The zero-order chi connectivity index (χ0) is 17.1. The van der Waals surface area contributed by atoms with Gasteiger partial charge in [-0.3, -0.25) is 9.80 Å². The Balaban J connectivity index is 2.32. The minimum absolute atomic E-state index is 0.780. The maximum Gasteiger partial charge on any atom is 0.514 e. The summed E-state index contributed by atoms with van der Waals surface area (Å²) in [6.07, 6.45) is 3.26. The Labute approximate surface area is 144 Å². The second kappa shape index (κ2) is 11.5. The summed E-state index contributed by atoms with van der Waals surface area (Å²) >= 11 is 0. The molecule has 0 aliphatic carbocycles. The van der Waals surface area contributed by atoms with Crippen molar-refractivity contribution in [1.82, 2.24) is 14.7 Å². The Hall–Kier alpha value is -0.0231. The molecule has 6 nitrogen and oxygen atoms in total. The molecule has 0 saturated carbocycles. The first-order valence-corrected chi connectivity index (χ1v) is 10.9. The molecule has 0 unspecified atom stereocenters. The molecule has 1 saturated heterocycles. The molecule has 0 amide bonds. The minimum atomic E-state index is -2.49. The van der Waals surface area contributed by atoms with Crippen LogP contribution < -0.4 is 0 Å². The lowest BCUT2D eigenvalue weighted by Gasteiger charge is -2.38. The maximum absolute atomic E-state index is 5.53. The molecule has 0 aromatic rings. The monoisotopic (exact) mass is 347 g/mol. The van der Waals surface area contributed by atoms with Gasteiger partial charge in [0.25, 0.3) is 0 Å². The highest BCUT2D eigenvalue weighted by atomic mass is 28.4. The van der Waals surface area contributed by atoms with E-state index in [0.717, 1.165) is 32.3 Å². The van der Waals surface area contributed by atoms with Crippen LogP contribution in [0.5, 0.6) is 0 Å². The molecule has 1 fully saturated rings. The second-order valence-corrected chi connectivity index (χ2v) is 9.16. The molecule has 0 aromatic heterocycles. The molecule has 0 aromatic carbocycles. The van der Waals surface area contributed by atoms with Crippen molar-refractivity contribution in [2.24, 2.45) is 0 Å². The first kappa shape index (κ1) is 21.0. The SMILES string of the molecule is CCCN(CCC)CCN1CCN(C[Si](OC)(OC)OC)CC1. The lowest BCUT2D eigenvalue weighted by molar-refractivity contribution is 0.0794. The summed E-state index contributed by atoms with van der Waals surface area (Å²) in [7, 11) is 2.57. The van der Waals surface area contributed by atoms with Gasteiger partial charge >= 0.3 is 8.80 Å². The van der Waals surface area contributed by atoms with Gasteiger partial charge in [-0.1, -0.05) is 13.8 Å². The van der Waals surface area contributed by atoms with Gasteiger partial charge in [0, 0.05) is 60.6 Å². The van der Waals surface area contributed by atoms with Crippen molar-refractivity contribution < 1.29 is 13.3 Å². The summed E-state index contributed by atoms with van der Waals surface area (Å²) in [6.45, 7) is 13.7. The van der Waals surface area contributed by atoms with Gasteiger partial charge in [0.2, 0.25) is 0 Å². The normalized spacial score (nSPS) is 18.0. The number of piperazine rings is 1. The molecule has 1 aliphatic heterocycles. The molecular formula is C16H37N3O3Si. The van der Waals surface area contributed by atoms with Gasteiger partial charge in [0.15, 0.2) is 0 Å².